The van der Waals surface area contributed by atoms with Crippen molar-refractivity contribution < 1.29 is 4.39 Å². The molecule has 0 heterocycles. The molecule has 2 rings (SSSR count). The molecule has 0 aromatic heterocycles. The van der Waals surface area contributed by atoms with Gasteiger partial charge in [0.15, 0.2) is 0 Å². The topological polar surface area (TPSA) is 26.0 Å². The zero-order chi connectivity index (χ0) is 10.7. The standard InChI is InChI=1S/C13H14FN/c14-9-8-13(15)12-7-3-5-10-4-1-2-6-11(10)12/h1-7,13H,8-9,15H2/t13-/m0/s1. The molecular formula is C13H14FN. The Morgan fingerprint density at radius 2 is 1.80 bits per heavy atom. The van der Waals surface area contributed by atoms with Gasteiger partial charge in [0.25, 0.3) is 0 Å². The molecule has 15 heavy (non-hydrogen) atoms. The number of rotatable bonds is 3. The van der Waals surface area contributed by atoms with E-state index in [9.17, 15) is 4.39 Å². The lowest BCUT2D eigenvalue weighted by atomic mass is 9.98. The fourth-order valence-corrected chi connectivity index (χ4v) is 1.85. The summed E-state index contributed by atoms with van der Waals surface area (Å²) >= 11 is 0. The van der Waals surface area contributed by atoms with Gasteiger partial charge in [-0.25, -0.2) is 0 Å². The van der Waals surface area contributed by atoms with E-state index in [0.29, 0.717) is 6.42 Å². The number of benzene rings is 2. The number of hydrogen-bond acceptors (Lipinski definition) is 1. The summed E-state index contributed by atoms with van der Waals surface area (Å²) in [5.41, 5.74) is 6.96. The fraction of sp³-hybridized carbons (Fsp3) is 0.231. The van der Waals surface area contributed by atoms with Crippen molar-refractivity contribution in [2.45, 2.75) is 12.5 Å². The predicted octanol–water partition coefficient (Wildman–Crippen LogP) is 3.20. The second-order valence-corrected chi connectivity index (χ2v) is 3.65. The third-order valence-electron chi connectivity index (χ3n) is 2.64. The molecule has 0 saturated carbocycles. The molecule has 0 saturated heterocycles. The molecule has 0 radical (unpaired) electrons. The van der Waals surface area contributed by atoms with Crippen molar-refractivity contribution in [2.75, 3.05) is 6.67 Å². The van der Waals surface area contributed by atoms with Crippen LogP contribution < -0.4 is 5.73 Å². The van der Waals surface area contributed by atoms with E-state index in [1.807, 2.05) is 42.5 Å². The average molecular weight is 203 g/mol. The van der Waals surface area contributed by atoms with Crippen molar-refractivity contribution >= 4 is 10.8 Å². The lowest BCUT2D eigenvalue weighted by Crippen LogP contribution is -2.11. The second kappa shape index (κ2) is 4.41. The third-order valence-corrected chi connectivity index (χ3v) is 2.64. The average Bonchev–Trinajstić information content (AvgIpc) is 2.28. The lowest BCUT2D eigenvalue weighted by Gasteiger charge is -2.12. The first kappa shape index (κ1) is 10.1. The lowest BCUT2D eigenvalue weighted by molar-refractivity contribution is 0.443. The molecule has 0 aliphatic carbocycles. The van der Waals surface area contributed by atoms with Crippen LogP contribution in [0.4, 0.5) is 4.39 Å². The minimum Gasteiger partial charge on any atom is -0.324 e. The van der Waals surface area contributed by atoms with E-state index in [1.165, 1.54) is 0 Å². The summed E-state index contributed by atoms with van der Waals surface area (Å²) in [4.78, 5) is 0. The zero-order valence-electron chi connectivity index (χ0n) is 8.49. The van der Waals surface area contributed by atoms with Gasteiger partial charge in [0.05, 0.1) is 6.67 Å². The Morgan fingerprint density at radius 3 is 2.60 bits per heavy atom. The minimum atomic E-state index is -0.371. The van der Waals surface area contributed by atoms with Crippen molar-refractivity contribution in [2.24, 2.45) is 5.73 Å². The molecule has 0 fully saturated rings. The van der Waals surface area contributed by atoms with Gasteiger partial charge in [-0.15, -0.1) is 0 Å². The maximum atomic E-state index is 12.2. The Bertz CT molecular complexity index is 448. The highest BCUT2D eigenvalue weighted by Gasteiger charge is 2.08. The highest BCUT2D eigenvalue weighted by atomic mass is 19.1. The molecule has 0 aliphatic rings. The predicted molar refractivity (Wildman–Crippen MR) is 61.5 cm³/mol. The highest BCUT2D eigenvalue weighted by Crippen LogP contribution is 2.24. The maximum absolute atomic E-state index is 12.2. The summed E-state index contributed by atoms with van der Waals surface area (Å²) in [5, 5.41) is 2.28. The number of fused-ring (bicyclic) bond motifs is 1. The molecule has 1 nitrogen and oxygen atoms in total. The SMILES string of the molecule is N[C@@H](CCF)c1cccc2ccccc12. The molecule has 2 heteroatoms. The second-order valence-electron chi connectivity index (χ2n) is 3.65. The summed E-state index contributed by atoms with van der Waals surface area (Å²) in [6.45, 7) is -0.371. The van der Waals surface area contributed by atoms with Crippen molar-refractivity contribution in [1.29, 1.82) is 0 Å². The molecule has 0 unspecified atom stereocenters. The van der Waals surface area contributed by atoms with Crippen LogP contribution in [0.3, 0.4) is 0 Å². The van der Waals surface area contributed by atoms with Crippen LogP contribution >= 0.6 is 0 Å². The van der Waals surface area contributed by atoms with Gasteiger partial charge in [0, 0.05) is 6.04 Å². The van der Waals surface area contributed by atoms with Gasteiger partial charge in [-0.2, -0.15) is 0 Å². The van der Waals surface area contributed by atoms with Gasteiger partial charge < -0.3 is 5.73 Å². The molecule has 2 aromatic rings. The van der Waals surface area contributed by atoms with Crippen LogP contribution in [-0.4, -0.2) is 6.67 Å². The Labute approximate surface area is 88.7 Å². The molecule has 2 aromatic carbocycles. The molecule has 2 N–H and O–H groups in total. The van der Waals surface area contributed by atoms with Crippen LogP contribution in [0, 0.1) is 0 Å². The summed E-state index contributed by atoms with van der Waals surface area (Å²) in [7, 11) is 0. The summed E-state index contributed by atoms with van der Waals surface area (Å²) in [6.07, 6.45) is 0.383. The molecule has 1 atom stereocenters. The summed E-state index contributed by atoms with van der Waals surface area (Å²) < 4.78 is 12.2. The van der Waals surface area contributed by atoms with Gasteiger partial charge in [-0.3, -0.25) is 4.39 Å². The van der Waals surface area contributed by atoms with E-state index in [0.717, 1.165) is 16.3 Å². The monoisotopic (exact) mass is 203 g/mol. The Hall–Kier alpha value is -1.41. The summed E-state index contributed by atoms with van der Waals surface area (Å²) in [5.74, 6) is 0. The molecule has 0 amide bonds. The molecule has 0 aliphatic heterocycles. The van der Waals surface area contributed by atoms with E-state index in [4.69, 9.17) is 5.73 Å². The fourth-order valence-electron chi connectivity index (χ4n) is 1.85. The molecule has 78 valence electrons. The van der Waals surface area contributed by atoms with E-state index in [1.54, 1.807) is 0 Å². The van der Waals surface area contributed by atoms with Gasteiger partial charge in [-0.1, -0.05) is 42.5 Å². The van der Waals surface area contributed by atoms with E-state index < -0.39 is 0 Å². The van der Waals surface area contributed by atoms with Crippen LogP contribution in [0.15, 0.2) is 42.5 Å². The Balaban J connectivity index is 2.50. The van der Waals surface area contributed by atoms with Crippen LogP contribution in [-0.2, 0) is 0 Å². The first-order valence-corrected chi connectivity index (χ1v) is 5.12. The molecule has 0 bridgehead atoms. The Kier molecular flexibility index (Phi) is 2.97. The Morgan fingerprint density at radius 1 is 1.07 bits per heavy atom. The smallest absolute Gasteiger partial charge is 0.0912 e. The van der Waals surface area contributed by atoms with Crippen molar-refractivity contribution in [3.63, 3.8) is 0 Å². The third kappa shape index (κ3) is 2.00. The van der Waals surface area contributed by atoms with Gasteiger partial charge in [0.1, 0.15) is 0 Å². The van der Waals surface area contributed by atoms with Crippen LogP contribution in [0.5, 0.6) is 0 Å². The van der Waals surface area contributed by atoms with Crippen LogP contribution in [0.25, 0.3) is 10.8 Å². The largest absolute Gasteiger partial charge is 0.324 e. The number of alkyl halides is 1. The molecule has 0 spiro atoms. The highest BCUT2D eigenvalue weighted by molar-refractivity contribution is 5.86. The maximum Gasteiger partial charge on any atom is 0.0912 e. The normalized spacial score (nSPS) is 12.9. The summed E-state index contributed by atoms with van der Waals surface area (Å²) in [6, 6.07) is 13.8. The van der Waals surface area contributed by atoms with Crippen molar-refractivity contribution in [1.82, 2.24) is 0 Å². The van der Waals surface area contributed by atoms with Crippen molar-refractivity contribution in [3.8, 4) is 0 Å². The first-order chi connectivity index (χ1) is 7.33. The number of nitrogens with two attached hydrogens (primary N) is 1. The first-order valence-electron chi connectivity index (χ1n) is 5.12. The van der Waals surface area contributed by atoms with Gasteiger partial charge >= 0.3 is 0 Å². The van der Waals surface area contributed by atoms with E-state index >= 15 is 0 Å². The van der Waals surface area contributed by atoms with Crippen LogP contribution in [0.1, 0.15) is 18.0 Å². The zero-order valence-corrected chi connectivity index (χ0v) is 8.49. The van der Waals surface area contributed by atoms with Gasteiger partial charge in [0.2, 0.25) is 0 Å². The minimum absolute atomic E-state index is 0.207. The van der Waals surface area contributed by atoms with Crippen molar-refractivity contribution in [3.05, 3.63) is 48.0 Å². The van der Waals surface area contributed by atoms with E-state index in [2.05, 4.69) is 0 Å². The molecular weight excluding hydrogens is 189 g/mol. The number of hydrogen-bond donors (Lipinski definition) is 1. The van der Waals surface area contributed by atoms with E-state index in [-0.39, 0.29) is 12.7 Å². The van der Waals surface area contributed by atoms with Crippen LogP contribution in [0.2, 0.25) is 0 Å². The van der Waals surface area contributed by atoms with Gasteiger partial charge in [-0.05, 0) is 22.8 Å². The number of halogens is 1. The quantitative estimate of drug-likeness (QED) is 0.814.